The monoisotopic (exact) mass is 462 g/mol. The summed E-state index contributed by atoms with van der Waals surface area (Å²) in [6, 6.07) is 5.66. The highest BCUT2D eigenvalue weighted by Gasteiger charge is 2.45. The first-order valence-corrected chi connectivity index (χ1v) is 10.9. The van der Waals surface area contributed by atoms with E-state index in [9.17, 15) is 29.5 Å². The molecular weight excluding hydrogens is 435 g/mol. The smallest absolute Gasteiger partial charge is 0.459 e. The number of aliphatic hydroxyl groups excluding tert-OH is 3. The Morgan fingerprint density at radius 3 is 2.42 bits per heavy atom. The molecule has 13 heteroatoms. The number of aliphatic hydroxyl groups is 3. The number of hydrogen-bond acceptors (Lipinski definition) is 10. The number of rotatable bonds is 9. The van der Waals surface area contributed by atoms with Crippen LogP contribution in [0.3, 0.4) is 0 Å². The number of carbonyl (C=O) groups is 2. The van der Waals surface area contributed by atoms with E-state index in [0.29, 0.717) is 0 Å². The maximum atomic E-state index is 13.3. The van der Waals surface area contributed by atoms with E-state index in [1.54, 1.807) is 18.2 Å². The first-order chi connectivity index (χ1) is 14.6. The average molecular weight is 462 g/mol. The molecule has 0 saturated carbocycles. The quantitative estimate of drug-likeness (QED) is 0.232. The molecule has 0 bridgehead atoms. The van der Waals surface area contributed by atoms with Gasteiger partial charge >= 0.3 is 13.7 Å². The molecule has 3 unspecified atom stereocenters. The van der Waals surface area contributed by atoms with E-state index in [1.165, 1.54) is 26.0 Å². The maximum absolute atomic E-state index is 13.3. The van der Waals surface area contributed by atoms with Crippen molar-refractivity contribution in [2.75, 3.05) is 13.7 Å². The molecular formula is C18H27N2O10P. The number of para-hydroxylation sites is 1. The van der Waals surface area contributed by atoms with Crippen LogP contribution < -0.4 is 14.9 Å². The van der Waals surface area contributed by atoms with Gasteiger partial charge in [0.2, 0.25) is 5.91 Å². The Balaban J connectivity index is 2.12. The summed E-state index contributed by atoms with van der Waals surface area (Å²) in [6.45, 7) is 1.97. The zero-order valence-electron chi connectivity index (χ0n) is 17.2. The molecule has 5 N–H and O–H groups in total. The van der Waals surface area contributed by atoms with E-state index in [0.717, 1.165) is 7.11 Å². The Hall–Kier alpha value is -2.05. The Morgan fingerprint density at radius 1 is 1.19 bits per heavy atom. The molecule has 1 aromatic rings. The van der Waals surface area contributed by atoms with Crippen LogP contribution in [0.25, 0.3) is 0 Å². The molecule has 0 radical (unpaired) electrons. The minimum atomic E-state index is -4.21. The largest absolute Gasteiger partial charge is 0.468 e. The van der Waals surface area contributed by atoms with Crippen LogP contribution >= 0.6 is 7.75 Å². The molecule has 1 aromatic carbocycles. The lowest BCUT2D eigenvalue weighted by molar-refractivity contribution is -0.252. The molecule has 7 atom stereocenters. The van der Waals surface area contributed by atoms with Crippen molar-refractivity contribution in [2.24, 2.45) is 0 Å². The van der Waals surface area contributed by atoms with Gasteiger partial charge in [0, 0.05) is 6.92 Å². The first-order valence-electron chi connectivity index (χ1n) is 9.38. The third-order valence-electron chi connectivity index (χ3n) is 4.37. The molecule has 2 rings (SSSR count). The number of carbonyl (C=O) groups excluding carboxylic acids is 2. The van der Waals surface area contributed by atoms with Crippen molar-refractivity contribution in [1.82, 2.24) is 10.4 Å². The summed E-state index contributed by atoms with van der Waals surface area (Å²) in [6.07, 6.45) is -6.16. The highest BCUT2D eigenvalue weighted by molar-refractivity contribution is 7.52. The van der Waals surface area contributed by atoms with Gasteiger partial charge in [0.15, 0.2) is 6.29 Å². The Morgan fingerprint density at radius 2 is 1.84 bits per heavy atom. The lowest BCUT2D eigenvalue weighted by Gasteiger charge is -2.40. The van der Waals surface area contributed by atoms with Crippen LogP contribution in [0.1, 0.15) is 13.8 Å². The zero-order chi connectivity index (χ0) is 23.2. The lowest BCUT2D eigenvalue weighted by atomic mass is 9.97. The van der Waals surface area contributed by atoms with Gasteiger partial charge in [-0.1, -0.05) is 18.2 Å². The van der Waals surface area contributed by atoms with E-state index in [1.807, 2.05) is 0 Å². The second-order valence-corrected chi connectivity index (χ2v) is 8.54. The van der Waals surface area contributed by atoms with Crippen molar-refractivity contribution in [3.05, 3.63) is 30.3 Å². The molecule has 1 aliphatic heterocycles. The molecule has 0 aliphatic carbocycles. The van der Waals surface area contributed by atoms with Gasteiger partial charge in [-0.2, -0.15) is 5.09 Å². The number of nitrogens with one attached hydrogen (secondary N) is 2. The summed E-state index contributed by atoms with van der Waals surface area (Å²) >= 11 is 0. The van der Waals surface area contributed by atoms with Crippen LogP contribution in [0, 0.1) is 0 Å². The van der Waals surface area contributed by atoms with Gasteiger partial charge in [0.1, 0.15) is 36.1 Å². The molecule has 1 fully saturated rings. The predicted molar refractivity (Wildman–Crippen MR) is 106 cm³/mol. The van der Waals surface area contributed by atoms with Crippen LogP contribution in [0.15, 0.2) is 30.3 Å². The van der Waals surface area contributed by atoms with Crippen molar-refractivity contribution in [3.63, 3.8) is 0 Å². The van der Waals surface area contributed by atoms with Gasteiger partial charge in [0.05, 0.1) is 13.7 Å². The first kappa shape index (κ1) is 25.2. The van der Waals surface area contributed by atoms with Gasteiger partial charge in [-0.15, -0.1) is 0 Å². The number of methoxy groups -OCH3 is 1. The van der Waals surface area contributed by atoms with Crippen molar-refractivity contribution >= 4 is 19.6 Å². The maximum Gasteiger partial charge on any atom is 0.459 e. The highest BCUT2D eigenvalue weighted by Crippen LogP contribution is 2.45. The number of amides is 1. The molecule has 1 aliphatic rings. The second-order valence-electron chi connectivity index (χ2n) is 6.84. The molecule has 12 nitrogen and oxygen atoms in total. The summed E-state index contributed by atoms with van der Waals surface area (Å²) in [5.74, 6) is -1.10. The minimum absolute atomic E-state index is 0.173. The average Bonchev–Trinajstić information content (AvgIpc) is 2.72. The van der Waals surface area contributed by atoms with E-state index in [4.69, 9.17) is 13.8 Å². The third kappa shape index (κ3) is 6.97. The zero-order valence-corrected chi connectivity index (χ0v) is 18.1. The van der Waals surface area contributed by atoms with Crippen molar-refractivity contribution in [2.45, 2.75) is 50.5 Å². The van der Waals surface area contributed by atoms with Crippen LogP contribution in [0.4, 0.5) is 0 Å². The van der Waals surface area contributed by atoms with Gasteiger partial charge in [0.25, 0.3) is 0 Å². The van der Waals surface area contributed by atoms with Crippen LogP contribution in [0.5, 0.6) is 5.75 Å². The fourth-order valence-corrected chi connectivity index (χ4v) is 4.32. The standard InChI is InChI=1S/C18H27N2O10P/c1-10(17(24)27-3)20-31(26,30-12-7-5-4-6-8-12)28-9-13-15(22)16(23)14(18(25)29-13)19-11(2)21/h4-8,10,13-16,18,22-23,25H,9H2,1-3H3,(H,19,21)(H,20,26)/t10-,13?,14-,15+,16+,18?,31?/m0/s1. The molecule has 1 heterocycles. The van der Waals surface area contributed by atoms with Crippen molar-refractivity contribution in [1.29, 1.82) is 0 Å². The number of hydrogen-bond donors (Lipinski definition) is 5. The molecule has 0 spiro atoms. The predicted octanol–water partition coefficient (Wildman–Crippen LogP) is -0.715. The second kappa shape index (κ2) is 11.0. The molecule has 31 heavy (non-hydrogen) atoms. The number of esters is 1. The molecule has 174 valence electrons. The summed E-state index contributed by atoms with van der Waals surface area (Å²) in [7, 11) is -3.05. The molecule has 1 saturated heterocycles. The van der Waals surface area contributed by atoms with Crippen LogP contribution in [0.2, 0.25) is 0 Å². The summed E-state index contributed by atoms with van der Waals surface area (Å²) < 4.78 is 33.8. The van der Waals surface area contributed by atoms with E-state index < -0.39 is 62.9 Å². The van der Waals surface area contributed by atoms with Gasteiger partial charge in [-0.05, 0) is 19.1 Å². The normalized spacial score (nSPS) is 28.8. The topological polar surface area (TPSA) is 173 Å². The third-order valence-corrected chi connectivity index (χ3v) is 6.02. The fourth-order valence-electron chi connectivity index (χ4n) is 2.82. The number of benzene rings is 1. The lowest BCUT2D eigenvalue weighted by Crippen LogP contribution is -2.64. The Labute approximate surface area is 179 Å². The van der Waals surface area contributed by atoms with Gasteiger partial charge in [-0.3, -0.25) is 14.1 Å². The number of ether oxygens (including phenoxy) is 2. The van der Waals surface area contributed by atoms with E-state index in [-0.39, 0.29) is 5.75 Å². The summed E-state index contributed by atoms with van der Waals surface area (Å²) in [5, 5.41) is 35.2. The highest BCUT2D eigenvalue weighted by atomic mass is 31.2. The van der Waals surface area contributed by atoms with E-state index >= 15 is 0 Å². The minimum Gasteiger partial charge on any atom is -0.468 e. The van der Waals surface area contributed by atoms with Gasteiger partial charge < -0.3 is 34.6 Å². The molecule has 1 amide bonds. The summed E-state index contributed by atoms with van der Waals surface area (Å²) in [4.78, 5) is 22.9. The van der Waals surface area contributed by atoms with Crippen molar-refractivity contribution < 1.29 is 48.0 Å². The van der Waals surface area contributed by atoms with E-state index in [2.05, 4.69) is 15.1 Å². The van der Waals surface area contributed by atoms with Crippen molar-refractivity contribution in [3.8, 4) is 5.75 Å². The van der Waals surface area contributed by atoms with Gasteiger partial charge in [-0.25, -0.2) is 4.57 Å². The SMILES string of the molecule is COC(=O)[C@H](C)NP(=O)(OCC1OC(O)[C@@H](NC(C)=O)[C@@H](O)[C@@H]1O)Oc1ccccc1. The Bertz CT molecular complexity index is 795. The van der Waals surface area contributed by atoms with Crippen LogP contribution in [-0.4, -0.2) is 77.6 Å². The molecule has 0 aromatic heterocycles. The summed E-state index contributed by atoms with van der Waals surface area (Å²) in [5.41, 5.74) is 0. The fraction of sp³-hybridized carbons (Fsp3) is 0.556. The Kier molecular flexibility index (Phi) is 8.95. The van der Waals surface area contributed by atoms with Crippen LogP contribution in [-0.2, 0) is 28.2 Å².